The highest BCUT2D eigenvalue weighted by Gasteiger charge is 2.33. The quantitative estimate of drug-likeness (QED) is 0.895. The first-order valence-electron chi connectivity index (χ1n) is 7.05. The molecule has 5 heteroatoms. The molecule has 1 aromatic carbocycles. The lowest BCUT2D eigenvalue weighted by Gasteiger charge is -2.18. The summed E-state index contributed by atoms with van der Waals surface area (Å²) >= 11 is 0. The zero-order chi connectivity index (χ0) is 15.0. The van der Waals surface area contributed by atoms with E-state index in [1.54, 1.807) is 12.1 Å². The summed E-state index contributed by atoms with van der Waals surface area (Å²) in [5.74, 6) is 0. The van der Waals surface area contributed by atoms with E-state index in [1.807, 2.05) is 13.0 Å². The van der Waals surface area contributed by atoms with Crippen molar-refractivity contribution in [3.05, 3.63) is 29.3 Å². The Kier molecular flexibility index (Phi) is 4.23. The van der Waals surface area contributed by atoms with Gasteiger partial charge in [0.1, 0.15) is 0 Å². The minimum atomic E-state index is -3.45. The first-order chi connectivity index (χ1) is 9.23. The van der Waals surface area contributed by atoms with Gasteiger partial charge in [0, 0.05) is 12.6 Å². The molecule has 0 heterocycles. The SMILES string of the molecule is Cc1ccc(S(=O)(=O)NC2CCC(C)(C)C2)cc1CN. The van der Waals surface area contributed by atoms with Gasteiger partial charge in [0.05, 0.1) is 4.90 Å². The number of sulfonamides is 1. The average molecular weight is 296 g/mol. The monoisotopic (exact) mass is 296 g/mol. The number of rotatable bonds is 4. The van der Waals surface area contributed by atoms with E-state index in [2.05, 4.69) is 18.6 Å². The summed E-state index contributed by atoms with van der Waals surface area (Å²) in [4.78, 5) is 0.313. The molecule has 4 nitrogen and oxygen atoms in total. The van der Waals surface area contributed by atoms with Crippen molar-refractivity contribution < 1.29 is 8.42 Å². The maximum atomic E-state index is 12.4. The summed E-state index contributed by atoms with van der Waals surface area (Å²) in [6, 6.07) is 5.18. The van der Waals surface area contributed by atoms with Gasteiger partial charge in [-0.25, -0.2) is 13.1 Å². The molecule has 1 unspecified atom stereocenters. The minimum Gasteiger partial charge on any atom is -0.326 e. The van der Waals surface area contributed by atoms with Crippen LogP contribution in [0, 0.1) is 12.3 Å². The van der Waals surface area contributed by atoms with Crippen LogP contribution in [-0.4, -0.2) is 14.5 Å². The van der Waals surface area contributed by atoms with Crippen LogP contribution in [0.5, 0.6) is 0 Å². The number of aryl methyl sites for hydroxylation is 1. The van der Waals surface area contributed by atoms with Crippen LogP contribution in [0.1, 0.15) is 44.2 Å². The summed E-state index contributed by atoms with van der Waals surface area (Å²) in [6.07, 6.45) is 2.85. The number of nitrogens with one attached hydrogen (secondary N) is 1. The number of nitrogens with two attached hydrogens (primary N) is 1. The van der Waals surface area contributed by atoms with Crippen LogP contribution in [0.3, 0.4) is 0 Å². The Hall–Kier alpha value is -0.910. The second kappa shape index (κ2) is 5.47. The van der Waals surface area contributed by atoms with Gasteiger partial charge in [0.2, 0.25) is 10.0 Å². The van der Waals surface area contributed by atoms with Gasteiger partial charge >= 0.3 is 0 Å². The fourth-order valence-electron chi connectivity index (χ4n) is 2.86. The highest BCUT2D eigenvalue weighted by molar-refractivity contribution is 7.89. The molecule has 3 N–H and O–H groups in total. The zero-order valence-electron chi connectivity index (χ0n) is 12.4. The second-order valence-electron chi connectivity index (χ2n) is 6.52. The summed E-state index contributed by atoms with van der Waals surface area (Å²) in [7, 11) is -3.45. The molecule has 0 aromatic heterocycles. The largest absolute Gasteiger partial charge is 0.326 e. The van der Waals surface area contributed by atoms with E-state index in [9.17, 15) is 8.42 Å². The van der Waals surface area contributed by atoms with Gasteiger partial charge in [-0.1, -0.05) is 19.9 Å². The van der Waals surface area contributed by atoms with Crippen molar-refractivity contribution in [1.82, 2.24) is 4.72 Å². The van der Waals surface area contributed by atoms with Crippen LogP contribution in [0.4, 0.5) is 0 Å². The molecule has 0 amide bonds. The first-order valence-corrected chi connectivity index (χ1v) is 8.54. The summed E-state index contributed by atoms with van der Waals surface area (Å²) < 4.78 is 27.7. The molecule has 1 fully saturated rings. The predicted molar refractivity (Wildman–Crippen MR) is 80.8 cm³/mol. The third-order valence-electron chi connectivity index (χ3n) is 4.14. The third kappa shape index (κ3) is 3.40. The van der Waals surface area contributed by atoms with Gasteiger partial charge in [-0.15, -0.1) is 0 Å². The molecule has 2 rings (SSSR count). The highest BCUT2D eigenvalue weighted by Crippen LogP contribution is 2.37. The molecule has 0 saturated heterocycles. The normalized spacial score (nSPS) is 22.1. The molecule has 0 bridgehead atoms. The van der Waals surface area contributed by atoms with E-state index < -0.39 is 10.0 Å². The molecule has 112 valence electrons. The molecule has 0 aliphatic heterocycles. The van der Waals surface area contributed by atoms with Gasteiger partial charge in [0.25, 0.3) is 0 Å². The second-order valence-corrected chi connectivity index (χ2v) is 8.23. The summed E-state index contributed by atoms with van der Waals surface area (Å²) in [5.41, 5.74) is 7.77. The van der Waals surface area contributed by atoms with Crippen molar-refractivity contribution in [2.75, 3.05) is 0 Å². The van der Waals surface area contributed by atoms with E-state index >= 15 is 0 Å². The van der Waals surface area contributed by atoms with Gasteiger partial charge in [-0.3, -0.25) is 0 Å². The topological polar surface area (TPSA) is 72.2 Å². The Labute approximate surface area is 121 Å². The Morgan fingerprint density at radius 2 is 2.10 bits per heavy atom. The standard InChI is InChI=1S/C15H24N2O2S/c1-11-4-5-14(8-12(11)10-16)20(18,19)17-13-6-7-15(2,3)9-13/h4-5,8,13,17H,6-7,9-10,16H2,1-3H3. The molecule has 1 aromatic rings. The Morgan fingerprint density at radius 1 is 1.40 bits per heavy atom. The number of hydrogen-bond acceptors (Lipinski definition) is 3. The van der Waals surface area contributed by atoms with Crippen molar-refractivity contribution in [2.24, 2.45) is 11.1 Å². The maximum absolute atomic E-state index is 12.4. The molecule has 1 aliphatic carbocycles. The van der Waals surface area contributed by atoms with Crippen LogP contribution in [0.25, 0.3) is 0 Å². The Balaban J connectivity index is 2.19. The molecule has 1 atom stereocenters. The van der Waals surface area contributed by atoms with Crippen LogP contribution < -0.4 is 10.5 Å². The lowest BCUT2D eigenvalue weighted by Crippen LogP contribution is -2.33. The lowest BCUT2D eigenvalue weighted by atomic mass is 9.92. The van der Waals surface area contributed by atoms with Gasteiger partial charge in [0.15, 0.2) is 0 Å². The van der Waals surface area contributed by atoms with E-state index in [0.717, 1.165) is 30.4 Å². The summed E-state index contributed by atoms with van der Waals surface area (Å²) in [6.45, 7) is 6.65. The van der Waals surface area contributed by atoms with Crippen LogP contribution >= 0.6 is 0 Å². The lowest BCUT2D eigenvalue weighted by molar-refractivity contribution is 0.372. The van der Waals surface area contributed by atoms with Crippen molar-refractivity contribution in [3.63, 3.8) is 0 Å². The predicted octanol–water partition coefficient (Wildman–Crippen LogP) is 2.31. The average Bonchev–Trinajstić information content (AvgIpc) is 2.68. The summed E-state index contributed by atoms with van der Waals surface area (Å²) in [5, 5.41) is 0. The number of benzene rings is 1. The highest BCUT2D eigenvalue weighted by atomic mass is 32.2. The Bertz CT molecular complexity index is 594. The number of hydrogen-bond donors (Lipinski definition) is 2. The molecule has 0 spiro atoms. The molecule has 20 heavy (non-hydrogen) atoms. The smallest absolute Gasteiger partial charge is 0.240 e. The van der Waals surface area contributed by atoms with E-state index in [4.69, 9.17) is 5.73 Å². The van der Waals surface area contributed by atoms with Crippen LogP contribution in [-0.2, 0) is 16.6 Å². The maximum Gasteiger partial charge on any atom is 0.240 e. The van der Waals surface area contributed by atoms with Crippen molar-refractivity contribution in [1.29, 1.82) is 0 Å². The minimum absolute atomic E-state index is 0.0395. The van der Waals surface area contributed by atoms with Crippen LogP contribution in [0.2, 0.25) is 0 Å². The van der Waals surface area contributed by atoms with Crippen LogP contribution in [0.15, 0.2) is 23.1 Å². The molecular weight excluding hydrogens is 272 g/mol. The first kappa shape index (κ1) is 15.5. The Morgan fingerprint density at radius 3 is 2.65 bits per heavy atom. The molecule has 0 radical (unpaired) electrons. The van der Waals surface area contributed by atoms with E-state index in [1.165, 1.54) is 0 Å². The van der Waals surface area contributed by atoms with E-state index in [-0.39, 0.29) is 11.5 Å². The van der Waals surface area contributed by atoms with Crippen molar-refractivity contribution in [2.45, 2.75) is 57.5 Å². The molecular formula is C15H24N2O2S. The van der Waals surface area contributed by atoms with E-state index in [0.29, 0.717) is 11.4 Å². The fraction of sp³-hybridized carbons (Fsp3) is 0.600. The molecule has 1 saturated carbocycles. The van der Waals surface area contributed by atoms with Crippen molar-refractivity contribution in [3.8, 4) is 0 Å². The third-order valence-corrected chi connectivity index (χ3v) is 5.66. The molecule has 1 aliphatic rings. The fourth-order valence-corrected chi connectivity index (χ4v) is 4.18. The van der Waals surface area contributed by atoms with Gasteiger partial charge in [-0.05, 0) is 54.9 Å². The van der Waals surface area contributed by atoms with Gasteiger partial charge in [-0.2, -0.15) is 0 Å². The van der Waals surface area contributed by atoms with Gasteiger partial charge < -0.3 is 5.73 Å². The van der Waals surface area contributed by atoms with Crippen molar-refractivity contribution >= 4 is 10.0 Å². The zero-order valence-corrected chi connectivity index (χ0v) is 13.3.